The van der Waals surface area contributed by atoms with Crippen LogP contribution in [0.5, 0.6) is 0 Å². The predicted molar refractivity (Wildman–Crippen MR) is 176 cm³/mol. The van der Waals surface area contributed by atoms with Crippen molar-refractivity contribution in [3.63, 3.8) is 0 Å². The summed E-state index contributed by atoms with van der Waals surface area (Å²) in [5, 5.41) is 17.9. The molecule has 0 aliphatic carbocycles. The number of likely N-dealkylation sites (tertiary alicyclic amines) is 1. The van der Waals surface area contributed by atoms with Crippen molar-refractivity contribution < 1.29 is 24.2 Å². The summed E-state index contributed by atoms with van der Waals surface area (Å²) in [4.78, 5) is 49.0. The quantitative estimate of drug-likeness (QED) is 0.199. The van der Waals surface area contributed by atoms with Crippen molar-refractivity contribution in [3.05, 3.63) is 85.5 Å². The number of fused-ring (bicyclic) bond motifs is 2. The van der Waals surface area contributed by atoms with E-state index in [0.717, 1.165) is 11.1 Å². The highest BCUT2D eigenvalue weighted by atomic mass is 16.5. The summed E-state index contributed by atoms with van der Waals surface area (Å²) in [7, 11) is 0. The number of aromatic nitrogens is 3. The van der Waals surface area contributed by atoms with E-state index in [1.807, 2.05) is 61.5 Å². The first-order valence-electron chi connectivity index (χ1n) is 16.5. The predicted octanol–water partition coefficient (Wildman–Crippen LogP) is 3.55. The fourth-order valence-electron chi connectivity index (χ4n) is 8.01. The van der Waals surface area contributed by atoms with Crippen LogP contribution in [0.1, 0.15) is 44.6 Å². The smallest absolute Gasteiger partial charge is 0.250 e. The normalized spacial score (nSPS) is 26.0. The first-order chi connectivity index (χ1) is 22.8. The number of rotatable bonds is 15. The van der Waals surface area contributed by atoms with Gasteiger partial charge in [-0.3, -0.25) is 14.4 Å². The highest BCUT2D eigenvalue weighted by Gasteiger charge is 2.78. The number of ether oxygens (including phenoxy) is 1. The number of amides is 3. The van der Waals surface area contributed by atoms with Gasteiger partial charge in [-0.15, -0.1) is 18.3 Å². The molecule has 11 nitrogen and oxygen atoms in total. The van der Waals surface area contributed by atoms with Gasteiger partial charge in [-0.1, -0.05) is 59.8 Å². The Morgan fingerprint density at radius 3 is 2.47 bits per heavy atom. The molecular weight excluding hydrogens is 596 g/mol. The molecule has 2 unspecified atom stereocenters. The number of hydrogen-bond donors (Lipinski definition) is 1. The van der Waals surface area contributed by atoms with Gasteiger partial charge in [0.1, 0.15) is 23.8 Å². The fourth-order valence-corrected chi connectivity index (χ4v) is 8.01. The highest BCUT2D eigenvalue weighted by molar-refractivity contribution is 5.99. The summed E-state index contributed by atoms with van der Waals surface area (Å²) in [5.41, 5.74) is 0.413. The molecule has 1 spiro atoms. The van der Waals surface area contributed by atoms with Gasteiger partial charge in [0.05, 0.1) is 23.0 Å². The van der Waals surface area contributed by atoms with E-state index in [1.165, 1.54) is 0 Å². The Labute approximate surface area is 275 Å². The van der Waals surface area contributed by atoms with Crippen LogP contribution >= 0.6 is 0 Å². The second kappa shape index (κ2) is 13.4. The van der Waals surface area contributed by atoms with E-state index >= 15 is 0 Å². The van der Waals surface area contributed by atoms with Gasteiger partial charge in [0, 0.05) is 32.8 Å². The molecule has 11 heteroatoms. The van der Waals surface area contributed by atoms with Crippen LogP contribution in [-0.4, -0.2) is 96.0 Å². The molecule has 3 saturated heterocycles. The van der Waals surface area contributed by atoms with Crippen LogP contribution in [0.4, 0.5) is 0 Å². The minimum absolute atomic E-state index is 0.0560. The maximum absolute atomic E-state index is 14.8. The van der Waals surface area contributed by atoms with E-state index in [2.05, 4.69) is 23.5 Å². The molecular formula is C36H44N6O5. The molecule has 2 aromatic carbocycles. The Balaban J connectivity index is 1.36. The number of carbonyl (C=O) groups excluding carboxylic acids is 3. The standard InChI is InChI=1S/C36H44N6O5/c1-4-20-39(24-26-14-8-6-9-15-26)32(44)29-30-33(45)41(22-12-7-13-23-43)31(36(30)19-18-35(29,3)47-36)34(46)40(21-5-2)25-42-28-17-11-10-16-27(28)37-38-42/h4-6,8-11,14-17,29-31,43H,1-2,7,12-13,18-25H2,3H3/t29-,30-,31?,35+,36?/m0/s1. The van der Waals surface area contributed by atoms with Crippen molar-refractivity contribution in [2.75, 3.05) is 26.2 Å². The Bertz CT molecular complexity index is 1640. The van der Waals surface area contributed by atoms with Gasteiger partial charge in [-0.2, -0.15) is 0 Å². The summed E-state index contributed by atoms with van der Waals surface area (Å²) in [6.07, 6.45) is 6.31. The Morgan fingerprint density at radius 2 is 1.72 bits per heavy atom. The van der Waals surface area contributed by atoms with Crippen molar-refractivity contribution in [2.45, 2.75) is 69.5 Å². The Kier molecular flexibility index (Phi) is 9.29. The molecule has 2 bridgehead atoms. The molecule has 0 radical (unpaired) electrons. The number of hydrogen-bond acceptors (Lipinski definition) is 7. The topological polar surface area (TPSA) is 121 Å². The maximum atomic E-state index is 14.8. The number of aliphatic hydroxyl groups excluding tert-OH is 1. The van der Waals surface area contributed by atoms with Gasteiger partial charge in [0.25, 0.3) is 0 Å². The lowest BCUT2D eigenvalue weighted by atomic mass is 9.66. The van der Waals surface area contributed by atoms with Crippen molar-refractivity contribution in [3.8, 4) is 0 Å². The van der Waals surface area contributed by atoms with Crippen LogP contribution in [0.2, 0.25) is 0 Å². The zero-order valence-electron chi connectivity index (χ0n) is 27.0. The summed E-state index contributed by atoms with van der Waals surface area (Å²) >= 11 is 0. The lowest BCUT2D eigenvalue weighted by Gasteiger charge is -2.37. The van der Waals surface area contributed by atoms with Gasteiger partial charge in [0.2, 0.25) is 17.7 Å². The van der Waals surface area contributed by atoms with Crippen LogP contribution in [0.25, 0.3) is 11.0 Å². The van der Waals surface area contributed by atoms with Crippen LogP contribution in [0.3, 0.4) is 0 Å². The lowest BCUT2D eigenvalue weighted by molar-refractivity contribution is -0.154. The molecule has 0 saturated carbocycles. The molecule has 6 rings (SSSR count). The average molecular weight is 641 g/mol. The van der Waals surface area contributed by atoms with Crippen molar-refractivity contribution in [1.29, 1.82) is 0 Å². The zero-order valence-corrected chi connectivity index (χ0v) is 27.0. The third kappa shape index (κ3) is 5.76. The fraction of sp³-hybridized carbons (Fsp3) is 0.472. The third-order valence-corrected chi connectivity index (χ3v) is 10.1. The Hall–Kier alpha value is -4.35. The largest absolute Gasteiger partial charge is 0.396 e. The highest BCUT2D eigenvalue weighted by Crippen LogP contribution is 2.63. The maximum Gasteiger partial charge on any atom is 0.250 e. The number of carbonyl (C=O) groups is 3. The van der Waals surface area contributed by atoms with Crippen LogP contribution < -0.4 is 0 Å². The summed E-state index contributed by atoms with van der Waals surface area (Å²) in [6, 6.07) is 16.4. The lowest BCUT2D eigenvalue weighted by Crippen LogP contribution is -2.56. The Morgan fingerprint density at radius 1 is 1.00 bits per heavy atom. The molecule has 4 heterocycles. The van der Waals surface area contributed by atoms with E-state index in [1.54, 1.807) is 31.5 Å². The average Bonchev–Trinajstić information content (AvgIpc) is 3.78. The van der Waals surface area contributed by atoms with Crippen molar-refractivity contribution in [1.82, 2.24) is 29.7 Å². The van der Waals surface area contributed by atoms with Crippen LogP contribution in [0, 0.1) is 11.8 Å². The molecule has 3 fully saturated rings. The summed E-state index contributed by atoms with van der Waals surface area (Å²) in [6.45, 7) is 11.1. The van der Waals surface area contributed by atoms with Crippen LogP contribution in [-0.2, 0) is 32.3 Å². The van der Waals surface area contributed by atoms with E-state index in [9.17, 15) is 19.5 Å². The monoisotopic (exact) mass is 640 g/mol. The minimum Gasteiger partial charge on any atom is -0.396 e. The summed E-state index contributed by atoms with van der Waals surface area (Å²) < 4.78 is 8.57. The molecule has 5 atom stereocenters. The van der Waals surface area contributed by atoms with Gasteiger partial charge in [-0.05, 0) is 56.7 Å². The molecule has 1 aromatic heterocycles. The minimum atomic E-state index is -1.16. The molecule has 3 aromatic rings. The van der Waals surface area contributed by atoms with Crippen LogP contribution in [0.15, 0.2) is 79.9 Å². The number of para-hydroxylation sites is 1. The molecule has 248 valence electrons. The second-order valence-electron chi connectivity index (χ2n) is 13.1. The SMILES string of the molecule is C=CCN(Cn1nnc2ccccc21)C(=O)C1N(CCCCCO)C(=O)[C@@H]2[C@@H](C(=O)N(CC=C)Cc3ccccc3)[C@@]3(C)CCC12O3. The second-order valence-corrected chi connectivity index (χ2v) is 13.1. The number of aliphatic hydroxyl groups is 1. The number of benzene rings is 2. The van der Waals surface area contributed by atoms with Gasteiger partial charge < -0.3 is 24.5 Å². The van der Waals surface area contributed by atoms with Crippen molar-refractivity contribution in [2.24, 2.45) is 11.8 Å². The zero-order chi connectivity index (χ0) is 33.2. The molecule has 3 aliphatic heterocycles. The molecule has 1 N–H and O–H groups in total. The van der Waals surface area contributed by atoms with Gasteiger partial charge in [0.15, 0.2) is 0 Å². The van der Waals surface area contributed by atoms with E-state index in [4.69, 9.17) is 4.74 Å². The molecule has 3 aliphatic rings. The first-order valence-corrected chi connectivity index (χ1v) is 16.5. The molecule has 3 amide bonds. The molecule has 47 heavy (non-hydrogen) atoms. The third-order valence-electron chi connectivity index (χ3n) is 10.1. The van der Waals surface area contributed by atoms with E-state index < -0.39 is 29.1 Å². The van der Waals surface area contributed by atoms with E-state index in [0.29, 0.717) is 57.3 Å². The summed E-state index contributed by atoms with van der Waals surface area (Å²) in [5.74, 6) is -2.22. The van der Waals surface area contributed by atoms with Gasteiger partial charge >= 0.3 is 0 Å². The van der Waals surface area contributed by atoms with Crippen molar-refractivity contribution >= 4 is 28.8 Å². The van der Waals surface area contributed by atoms with E-state index in [-0.39, 0.29) is 37.5 Å². The first kappa shape index (κ1) is 32.6. The number of unbranched alkanes of at least 4 members (excludes halogenated alkanes) is 2. The number of nitrogens with zero attached hydrogens (tertiary/aromatic N) is 6. The van der Waals surface area contributed by atoms with Gasteiger partial charge in [-0.25, -0.2) is 4.68 Å².